The number of aromatic nitrogens is 1. The van der Waals surface area contributed by atoms with Crippen LogP contribution in [0.3, 0.4) is 0 Å². The fraction of sp³-hybridized carbons (Fsp3) is 0.513. The second-order valence-electron chi connectivity index (χ2n) is 14.1. The standard InChI is InChI=1S/C39H48Cl2N2O9/c1-43(21-36(47)48)20-25(37(49)38(50)34(46)22-44)16-27(45)7-3-2-6-24-17-33(41)26(18-32(24)40)23-51-39(13-14-39)31-19-42-15-12-29(31)30-8-4-5-9-35(30)52-28-10-11-28/h4-5,8-9,12,15,17-19,25,28,34,37-38,44,46,49-50H,2-3,6-7,10-11,13-14,16,20-23H2,1H3,(H,47,48)/t25-,34+,37+,38+/m1/s1. The Morgan fingerprint density at radius 3 is 2.40 bits per heavy atom. The third kappa shape index (κ3) is 10.7. The molecule has 0 bridgehead atoms. The van der Waals surface area contributed by atoms with E-state index in [1.165, 1.54) is 11.9 Å². The van der Waals surface area contributed by atoms with Crippen molar-refractivity contribution in [1.29, 1.82) is 0 Å². The molecule has 0 radical (unpaired) electrons. The van der Waals surface area contributed by atoms with Gasteiger partial charge in [0.15, 0.2) is 0 Å². The number of halogens is 2. The summed E-state index contributed by atoms with van der Waals surface area (Å²) in [7, 11) is 1.52. The first-order valence-corrected chi connectivity index (χ1v) is 18.5. The van der Waals surface area contributed by atoms with Crippen LogP contribution in [0.1, 0.15) is 68.1 Å². The van der Waals surface area contributed by atoms with Gasteiger partial charge in [-0.2, -0.15) is 0 Å². The van der Waals surface area contributed by atoms with E-state index >= 15 is 0 Å². The number of hydrogen-bond acceptors (Lipinski definition) is 10. The molecule has 4 atom stereocenters. The van der Waals surface area contributed by atoms with Crippen molar-refractivity contribution < 1.29 is 44.6 Å². The minimum absolute atomic E-state index is 0.00754. The SMILES string of the molecule is CN(CC(=O)O)C[C@@H](CC(=O)CCCCc1cc(Cl)c(COC2(c3cnccc3-c3ccccc3OC3CC3)CC2)cc1Cl)[C@H](O)[C@@H](O)[C@@H](O)CO. The number of carbonyl (C=O) groups is 2. The van der Waals surface area contributed by atoms with E-state index in [1.54, 1.807) is 6.20 Å². The van der Waals surface area contributed by atoms with Gasteiger partial charge in [-0.1, -0.05) is 41.4 Å². The lowest BCUT2D eigenvalue weighted by Gasteiger charge is -2.31. The molecule has 0 aliphatic heterocycles. The zero-order chi connectivity index (χ0) is 37.4. The van der Waals surface area contributed by atoms with Gasteiger partial charge in [0.1, 0.15) is 23.7 Å². The number of para-hydroxylation sites is 1. The first-order chi connectivity index (χ1) is 24.9. The predicted octanol–water partition coefficient (Wildman–Crippen LogP) is 5.18. The molecule has 5 N–H and O–H groups in total. The van der Waals surface area contributed by atoms with Crippen LogP contribution in [0.25, 0.3) is 11.1 Å². The number of carboxylic acid groups (broad SMARTS) is 1. The topological polar surface area (TPSA) is 170 Å². The second-order valence-corrected chi connectivity index (χ2v) is 14.9. The molecular formula is C39H48Cl2N2O9. The molecule has 0 spiro atoms. The Morgan fingerprint density at radius 2 is 1.71 bits per heavy atom. The maximum atomic E-state index is 12.9. The van der Waals surface area contributed by atoms with Gasteiger partial charge in [0, 0.05) is 58.9 Å². The Labute approximate surface area is 314 Å². The highest BCUT2D eigenvalue weighted by atomic mass is 35.5. The van der Waals surface area contributed by atoms with E-state index in [-0.39, 0.29) is 44.4 Å². The molecule has 52 heavy (non-hydrogen) atoms. The fourth-order valence-electron chi connectivity index (χ4n) is 6.54. The van der Waals surface area contributed by atoms with Gasteiger partial charge < -0.3 is 35.0 Å². The van der Waals surface area contributed by atoms with E-state index in [0.29, 0.717) is 29.3 Å². The molecule has 2 aromatic carbocycles. The van der Waals surface area contributed by atoms with Crippen LogP contribution < -0.4 is 4.74 Å². The van der Waals surface area contributed by atoms with Crippen molar-refractivity contribution in [1.82, 2.24) is 9.88 Å². The minimum Gasteiger partial charge on any atom is -0.490 e. The maximum Gasteiger partial charge on any atom is 0.317 e. The van der Waals surface area contributed by atoms with Gasteiger partial charge >= 0.3 is 5.97 Å². The van der Waals surface area contributed by atoms with E-state index in [2.05, 4.69) is 11.1 Å². The summed E-state index contributed by atoms with van der Waals surface area (Å²) >= 11 is 13.4. The number of benzene rings is 2. The lowest BCUT2D eigenvalue weighted by molar-refractivity contribution is -0.138. The number of aryl methyl sites for hydroxylation is 1. The quantitative estimate of drug-likeness (QED) is 0.0856. The Bertz CT molecular complexity index is 1680. The summed E-state index contributed by atoms with van der Waals surface area (Å²) in [5, 5.41) is 50.1. The van der Waals surface area contributed by atoms with Crippen molar-refractivity contribution in [2.75, 3.05) is 26.7 Å². The number of Topliss-reactive ketones (excluding diaryl/α,β-unsaturated/α-hetero) is 1. The first kappa shape index (κ1) is 40.1. The molecule has 2 aliphatic carbocycles. The van der Waals surface area contributed by atoms with Crippen molar-refractivity contribution >= 4 is 35.0 Å². The molecule has 5 rings (SSSR count). The summed E-state index contributed by atoms with van der Waals surface area (Å²) in [4.78, 5) is 29.9. The van der Waals surface area contributed by atoms with Crippen LogP contribution >= 0.6 is 23.2 Å². The Kier molecular flexibility index (Phi) is 14.1. The van der Waals surface area contributed by atoms with Crippen LogP contribution in [-0.4, -0.2) is 98.3 Å². The van der Waals surface area contributed by atoms with Gasteiger partial charge in [-0.25, -0.2) is 0 Å². The molecule has 0 saturated heterocycles. The van der Waals surface area contributed by atoms with E-state index in [0.717, 1.165) is 59.3 Å². The van der Waals surface area contributed by atoms with Gasteiger partial charge in [-0.3, -0.25) is 19.5 Å². The van der Waals surface area contributed by atoms with Crippen molar-refractivity contribution in [2.24, 2.45) is 5.92 Å². The number of carbonyl (C=O) groups excluding carboxylic acids is 1. The molecule has 0 unspecified atom stereocenters. The zero-order valence-electron chi connectivity index (χ0n) is 29.3. The van der Waals surface area contributed by atoms with Crippen molar-refractivity contribution in [3.05, 3.63) is 81.6 Å². The predicted molar refractivity (Wildman–Crippen MR) is 196 cm³/mol. The molecule has 3 aromatic rings. The van der Waals surface area contributed by atoms with Crippen LogP contribution in [0.4, 0.5) is 0 Å². The monoisotopic (exact) mass is 758 g/mol. The molecule has 13 heteroatoms. The molecule has 2 fully saturated rings. The lowest BCUT2D eigenvalue weighted by Crippen LogP contribution is -2.47. The fourth-order valence-corrected chi connectivity index (χ4v) is 7.06. The third-order valence-electron chi connectivity index (χ3n) is 9.74. The van der Waals surface area contributed by atoms with Gasteiger partial charge in [0.05, 0.1) is 37.6 Å². The normalized spacial score (nSPS) is 17.4. The second kappa shape index (κ2) is 18.3. The number of likely N-dealkylation sites (N-methyl/N-ethyl adjacent to an activating group) is 1. The average molecular weight is 760 g/mol. The largest absolute Gasteiger partial charge is 0.490 e. The summed E-state index contributed by atoms with van der Waals surface area (Å²) in [6, 6.07) is 13.7. The van der Waals surface area contributed by atoms with E-state index in [1.807, 2.05) is 42.6 Å². The van der Waals surface area contributed by atoms with Gasteiger partial charge in [0.25, 0.3) is 0 Å². The van der Waals surface area contributed by atoms with Crippen molar-refractivity contribution in [3.63, 3.8) is 0 Å². The van der Waals surface area contributed by atoms with E-state index < -0.39 is 42.4 Å². The molecule has 2 aliphatic rings. The Balaban J connectivity index is 1.15. The highest BCUT2D eigenvalue weighted by Gasteiger charge is 2.48. The Hall–Kier alpha value is -3.13. The molecule has 11 nitrogen and oxygen atoms in total. The summed E-state index contributed by atoms with van der Waals surface area (Å²) < 4.78 is 12.8. The van der Waals surface area contributed by atoms with Gasteiger partial charge in [-0.05, 0) is 92.9 Å². The van der Waals surface area contributed by atoms with Crippen LogP contribution in [0.15, 0.2) is 54.9 Å². The maximum absolute atomic E-state index is 12.9. The van der Waals surface area contributed by atoms with E-state index in [4.69, 9.17) is 37.8 Å². The minimum atomic E-state index is -1.70. The van der Waals surface area contributed by atoms with Gasteiger partial charge in [-0.15, -0.1) is 0 Å². The highest BCUT2D eigenvalue weighted by Crippen LogP contribution is 2.53. The number of nitrogens with zero attached hydrogens (tertiary/aromatic N) is 2. The molecule has 1 heterocycles. The summed E-state index contributed by atoms with van der Waals surface area (Å²) in [6.45, 7) is -0.849. The Morgan fingerprint density at radius 1 is 1.00 bits per heavy atom. The number of aliphatic hydroxyl groups excluding tert-OH is 4. The van der Waals surface area contributed by atoms with Crippen LogP contribution in [0, 0.1) is 5.92 Å². The number of aliphatic hydroxyl groups is 4. The third-order valence-corrected chi connectivity index (χ3v) is 10.4. The first-order valence-electron chi connectivity index (χ1n) is 17.8. The number of rotatable bonds is 22. The number of aliphatic carboxylic acids is 1. The summed E-state index contributed by atoms with van der Waals surface area (Å²) in [5.41, 5.74) is 4.20. The zero-order valence-corrected chi connectivity index (χ0v) is 30.8. The number of ether oxygens (including phenoxy) is 2. The summed E-state index contributed by atoms with van der Waals surface area (Å²) in [5.74, 6) is -1.26. The van der Waals surface area contributed by atoms with E-state index in [9.17, 15) is 30.0 Å². The lowest BCUT2D eigenvalue weighted by atomic mass is 9.88. The number of hydrogen-bond donors (Lipinski definition) is 5. The smallest absolute Gasteiger partial charge is 0.317 e. The number of ketones is 1. The molecular weight excluding hydrogens is 711 g/mol. The molecule has 1 aromatic heterocycles. The van der Waals surface area contributed by atoms with Crippen LogP contribution in [0.5, 0.6) is 5.75 Å². The molecule has 2 saturated carbocycles. The number of carboxylic acids is 1. The highest BCUT2D eigenvalue weighted by molar-refractivity contribution is 6.34. The van der Waals surface area contributed by atoms with Crippen LogP contribution in [0.2, 0.25) is 10.0 Å². The van der Waals surface area contributed by atoms with Crippen molar-refractivity contribution in [3.8, 4) is 16.9 Å². The molecule has 0 amide bonds. The summed E-state index contributed by atoms with van der Waals surface area (Å²) in [6.07, 6.45) is 4.73. The van der Waals surface area contributed by atoms with Gasteiger partial charge in [0.2, 0.25) is 0 Å². The number of unbranched alkanes of at least 4 members (excludes halogenated alkanes) is 1. The van der Waals surface area contributed by atoms with Crippen LogP contribution in [-0.2, 0) is 33.0 Å². The van der Waals surface area contributed by atoms with Crippen molar-refractivity contribution in [2.45, 2.75) is 94.4 Å². The molecule has 282 valence electrons. The average Bonchev–Trinajstić information content (AvgIpc) is 4.07. The number of pyridine rings is 1.